The highest BCUT2D eigenvalue weighted by molar-refractivity contribution is 5.94. The van der Waals surface area contributed by atoms with Crippen LogP contribution in [0, 0.1) is 12.3 Å². The van der Waals surface area contributed by atoms with Crippen molar-refractivity contribution in [1.82, 2.24) is 10.3 Å². The van der Waals surface area contributed by atoms with Crippen LogP contribution in [0.15, 0.2) is 18.5 Å². The van der Waals surface area contributed by atoms with E-state index in [1.807, 2.05) is 6.92 Å². The van der Waals surface area contributed by atoms with Crippen LogP contribution in [0.4, 0.5) is 0 Å². The quantitative estimate of drug-likeness (QED) is 0.674. The van der Waals surface area contributed by atoms with Gasteiger partial charge in [0.05, 0.1) is 5.56 Å². The molecule has 0 aliphatic carbocycles. The summed E-state index contributed by atoms with van der Waals surface area (Å²) in [4.78, 5) is 15.1. The third-order valence-corrected chi connectivity index (χ3v) is 1.50. The highest BCUT2D eigenvalue weighted by Crippen LogP contribution is 2.00. The molecule has 0 spiro atoms. The molecule has 0 radical (unpaired) electrons. The summed E-state index contributed by atoms with van der Waals surface area (Å²) in [7, 11) is 0. The van der Waals surface area contributed by atoms with Gasteiger partial charge in [0.1, 0.15) is 0 Å². The van der Waals surface area contributed by atoms with E-state index < -0.39 is 0 Å². The maximum atomic E-state index is 11.3. The molecule has 1 aromatic rings. The largest absolute Gasteiger partial charge is 0.352 e. The van der Waals surface area contributed by atoms with Crippen LogP contribution in [0.3, 0.4) is 0 Å². The summed E-state index contributed by atoms with van der Waals surface area (Å²) in [6.45, 7) is 2.45. The number of nitrogens with one attached hydrogen (secondary N) is 1. The van der Waals surface area contributed by atoms with Gasteiger partial charge in [-0.2, -0.15) is 0 Å². The van der Waals surface area contributed by atoms with Gasteiger partial charge in [-0.3, -0.25) is 9.78 Å². The smallest absolute Gasteiger partial charge is 0.252 e. The topological polar surface area (TPSA) is 42.0 Å². The van der Waals surface area contributed by atoms with Crippen molar-refractivity contribution in [1.29, 1.82) is 0 Å². The first-order valence-electron chi connectivity index (χ1n) is 3.97. The molecule has 1 aromatic heterocycles. The van der Waals surface area contributed by atoms with E-state index in [9.17, 15) is 4.79 Å². The Labute approximate surface area is 77.2 Å². The van der Waals surface area contributed by atoms with E-state index in [-0.39, 0.29) is 5.91 Å². The van der Waals surface area contributed by atoms with Crippen LogP contribution in [-0.2, 0) is 0 Å². The van der Waals surface area contributed by atoms with Crippen molar-refractivity contribution >= 4 is 5.91 Å². The lowest BCUT2D eigenvalue weighted by Crippen LogP contribution is -2.22. The second-order valence-corrected chi connectivity index (χ2v) is 2.47. The number of terminal acetylenes is 1. The Morgan fingerprint density at radius 2 is 2.46 bits per heavy atom. The second kappa shape index (κ2) is 4.27. The van der Waals surface area contributed by atoms with Crippen molar-refractivity contribution in [3.8, 4) is 12.3 Å². The van der Waals surface area contributed by atoms with Crippen LogP contribution in [0.2, 0.25) is 0 Å². The molecule has 0 bridgehead atoms. The van der Waals surface area contributed by atoms with Crippen LogP contribution < -0.4 is 5.32 Å². The minimum absolute atomic E-state index is 0.146. The fourth-order valence-corrected chi connectivity index (χ4v) is 0.906. The van der Waals surface area contributed by atoms with E-state index in [1.54, 1.807) is 12.3 Å². The molecule has 1 amide bonds. The van der Waals surface area contributed by atoms with Gasteiger partial charge in [-0.15, -0.1) is 6.42 Å². The Balaban J connectivity index is 2.90. The van der Waals surface area contributed by atoms with Gasteiger partial charge >= 0.3 is 0 Å². The average Bonchev–Trinajstić information content (AvgIpc) is 2.18. The molecular weight excluding hydrogens is 164 g/mol. The molecule has 0 saturated heterocycles. The molecule has 13 heavy (non-hydrogen) atoms. The lowest BCUT2D eigenvalue weighted by Gasteiger charge is -2.00. The van der Waals surface area contributed by atoms with Crippen LogP contribution in [0.25, 0.3) is 0 Å². The minimum Gasteiger partial charge on any atom is -0.352 e. The number of hydrogen-bond donors (Lipinski definition) is 1. The Bertz CT molecular complexity index is 352. The number of carbonyl (C=O) groups is 1. The molecule has 0 fully saturated rings. The zero-order valence-corrected chi connectivity index (χ0v) is 7.37. The van der Waals surface area contributed by atoms with Gasteiger partial charge in [-0.05, 0) is 13.0 Å². The monoisotopic (exact) mass is 174 g/mol. The number of pyridine rings is 1. The van der Waals surface area contributed by atoms with Gasteiger partial charge in [-0.1, -0.05) is 5.92 Å². The Morgan fingerprint density at radius 1 is 1.69 bits per heavy atom. The third kappa shape index (κ3) is 2.31. The highest BCUT2D eigenvalue weighted by atomic mass is 16.1. The van der Waals surface area contributed by atoms with E-state index in [0.717, 1.165) is 0 Å². The van der Waals surface area contributed by atoms with E-state index in [0.29, 0.717) is 17.7 Å². The molecule has 3 heteroatoms. The second-order valence-electron chi connectivity index (χ2n) is 2.47. The normalized spacial score (nSPS) is 8.92. The number of rotatable bonds is 2. The molecule has 3 nitrogen and oxygen atoms in total. The SMILES string of the molecule is C#Cc1cncc(C(=O)NCC)c1. The van der Waals surface area contributed by atoms with E-state index in [4.69, 9.17) is 6.42 Å². The van der Waals surface area contributed by atoms with Crippen molar-refractivity contribution in [2.75, 3.05) is 6.54 Å². The number of aromatic nitrogens is 1. The van der Waals surface area contributed by atoms with Crippen molar-refractivity contribution in [2.24, 2.45) is 0 Å². The lowest BCUT2D eigenvalue weighted by atomic mass is 10.2. The summed E-state index contributed by atoms with van der Waals surface area (Å²) in [5, 5.41) is 2.67. The standard InChI is InChI=1S/C10H10N2O/c1-3-8-5-9(7-11-6-8)10(13)12-4-2/h1,5-7H,4H2,2H3,(H,12,13). The maximum absolute atomic E-state index is 11.3. The fourth-order valence-electron chi connectivity index (χ4n) is 0.906. The molecule has 0 atom stereocenters. The minimum atomic E-state index is -0.146. The van der Waals surface area contributed by atoms with Crippen LogP contribution in [0.1, 0.15) is 22.8 Å². The predicted octanol–water partition coefficient (Wildman–Crippen LogP) is 0.813. The maximum Gasteiger partial charge on any atom is 0.252 e. The van der Waals surface area contributed by atoms with E-state index in [2.05, 4.69) is 16.2 Å². The molecule has 1 N–H and O–H groups in total. The fraction of sp³-hybridized carbons (Fsp3) is 0.200. The molecule has 0 aliphatic rings. The summed E-state index contributed by atoms with van der Waals surface area (Å²) < 4.78 is 0. The van der Waals surface area contributed by atoms with Crippen molar-refractivity contribution < 1.29 is 4.79 Å². The van der Waals surface area contributed by atoms with Gasteiger partial charge in [0, 0.05) is 24.5 Å². The first kappa shape index (κ1) is 9.27. The Morgan fingerprint density at radius 3 is 3.08 bits per heavy atom. The van der Waals surface area contributed by atoms with Gasteiger partial charge < -0.3 is 5.32 Å². The summed E-state index contributed by atoms with van der Waals surface area (Å²) in [5.74, 6) is 2.28. The summed E-state index contributed by atoms with van der Waals surface area (Å²) >= 11 is 0. The van der Waals surface area contributed by atoms with Crippen molar-refractivity contribution in [3.05, 3.63) is 29.6 Å². The Kier molecular flexibility index (Phi) is 3.04. The third-order valence-electron chi connectivity index (χ3n) is 1.50. The van der Waals surface area contributed by atoms with Crippen molar-refractivity contribution in [3.63, 3.8) is 0 Å². The number of hydrogen-bond acceptors (Lipinski definition) is 2. The van der Waals surface area contributed by atoms with Gasteiger partial charge in [0.25, 0.3) is 5.91 Å². The van der Waals surface area contributed by atoms with Gasteiger partial charge in [-0.25, -0.2) is 0 Å². The van der Waals surface area contributed by atoms with E-state index in [1.165, 1.54) is 6.20 Å². The lowest BCUT2D eigenvalue weighted by molar-refractivity contribution is 0.0955. The van der Waals surface area contributed by atoms with Gasteiger partial charge in [0.2, 0.25) is 0 Å². The Hall–Kier alpha value is -1.82. The van der Waals surface area contributed by atoms with Crippen LogP contribution >= 0.6 is 0 Å². The molecule has 0 unspecified atom stereocenters. The molecule has 66 valence electrons. The predicted molar refractivity (Wildman–Crippen MR) is 50.2 cm³/mol. The van der Waals surface area contributed by atoms with Crippen molar-refractivity contribution in [2.45, 2.75) is 6.92 Å². The molecule has 0 aliphatic heterocycles. The summed E-state index contributed by atoms with van der Waals surface area (Å²) in [6, 6.07) is 1.64. The molecule has 0 saturated carbocycles. The zero-order valence-electron chi connectivity index (χ0n) is 7.37. The van der Waals surface area contributed by atoms with Crippen LogP contribution in [0.5, 0.6) is 0 Å². The van der Waals surface area contributed by atoms with Crippen LogP contribution in [-0.4, -0.2) is 17.4 Å². The van der Waals surface area contributed by atoms with Gasteiger partial charge in [0.15, 0.2) is 0 Å². The molecule has 1 heterocycles. The number of amides is 1. The molecular formula is C10H10N2O. The first-order chi connectivity index (χ1) is 6.27. The molecule has 0 aromatic carbocycles. The molecule has 1 rings (SSSR count). The highest BCUT2D eigenvalue weighted by Gasteiger charge is 2.03. The summed E-state index contributed by atoms with van der Waals surface area (Å²) in [6.07, 6.45) is 8.21. The number of carbonyl (C=O) groups excluding carboxylic acids is 1. The first-order valence-corrected chi connectivity index (χ1v) is 3.97. The zero-order chi connectivity index (χ0) is 9.68. The average molecular weight is 174 g/mol. The number of nitrogens with zero attached hydrogens (tertiary/aromatic N) is 1. The summed E-state index contributed by atoms with van der Waals surface area (Å²) in [5.41, 5.74) is 1.11. The van der Waals surface area contributed by atoms with E-state index >= 15 is 0 Å².